The average Bonchev–Trinajstić information content (AvgIpc) is 2.98. The Morgan fingerprint density at radius 3 is 1.61 bits per heavy atom. The maximum Gasteiger partial charge on any atom is 0.432 e. The van der Waals surface area contributed by atoms with Crippen LogP contribution in [-0.4, -0.2) is 0 Å². The van der Waals surface area contributed by atoms with Gasteiger partial charge in [-0.25, -0.2) is 30.7 Å². The molecule has 0 aliphatic rings. The number of hydrogen-bond donors (Lipinski definition) is 0. The Morgan fingerprint density at radius 1 is 0.500 bits per heavy atom. The highest BCUT2D eigenvalue weighted by Gasteiger charge is 2.41. The second-order valence-corrected chi connectivity index (χ2v) is 10.7. The third kappa shape index (κ3) is 6.90. The third-order valence-electron chi connectivity index (χ3n) is 7.44. The zero-order chi connectivity index (χ0) is 33.2. The summed E-state index contributed by atoms with van der Waals surface area (Å²) in [4.78, 5) is 0. The summed E-state index contributed by atoms with van der Waals surface area (Å²) in [6, 6.07) is 13.9. The summed E-state index contributed by atoms with van der Waals surface area (Å²) in [5.41, 5.74) is -1.84. The number of unbranched alkanes of at least 4 members (excludes halogenated alkanes) is 2. The molecule has 5 aromatic rings. The lowest BCUT2D eigenvalue weighted by Crippen LogP contribution is -2.25. The first kappa shape index (κ1) is 32.7. The average molecular weight is 645 g/mol. The number of alkyl halides is 2. The van der Waals surface area contributed by atoms with Gasteiger partial charge in [-0.1, -0.05) is 50.1 Å². The van der Waals surface area contributed by atoms with Crippen molar-refractivity contribution in [3.8, 4) is 39.1 Å². The van der Waals surface area contributed by atoms with E-state index in [-0.39, 0.29) is 27.8 Å². The summed E-state index contributed by atoms with van der Waals surface area (Å²) < 4.78 is 136. The van der Waals surface area contributed by atoms with Crippen molar-refractivity contribution in [1.29, 1.82) is 0 Å². The van der Waals surface area contributed by atoms with Crippen LogP contribution in [0.3, 0.4) is 0 Å². The van der Waals surface area contributed by atoms with Crippen molar-refractivity contribution in [3.05, 3.63) is 137 Å². The van der Waals surface area contributed by atoms with E-state index in [4.69, 9.17) is 0 Å². The van der Waals surface area contributed by atoms with Gasteiger partial charge in [-0.2, -0.15) is 8.78 Å². The molecule has 0 aromatic heterocycles. The van der Waals surface area contributed by atoms with Gasteiger partial charge >= 0.3 is 6.11 Å². The number of halogens is 9. The number of benzene rings is 5. The first-order valence-corrected chi connectivity index (χ1v) is 14.3. The van der Waals surface area contributed by atoms with Gasteiger partial charge in [0.2, 0.25) is 0 Å². The van der Waals surface area contributed by atoms with E-state index in [0.29, 0.717) is 30.7 Å². The number of aryl methyl sites for hydroxylation is 1. The quantitative estimate of drug-likeness (QED) is 0.109. The zero-order valence-corrected chi connectivity index (χ0v) is 24.2. The second kappa shape index (κ2) is 13.3. The third-order valence-corrected chi connectivity index (χ3v) is 7.44. The molecule has 0 amide bonds. The van der Waals surface area contributed by atoms with E-state index in [9.17, 15) is 35.1 Å². The Balaban J connectivity index is 1.37. The molecule has 0 saturated heterocycles. The van der Waals surface area contributed by atoms with Crippen LogP contribution < -0.4 is 4.74 Å². The van der Waals surface area contributed by atoms with Crippen molar-refractivity contribution in [2.45, 2.75) is 38.7 Å². The first-order chi connectivity index (χ1) is 21.9. The highest BCUT2D eigenvalue weighted by atomic mass is 19.3. The van der Waals surface area contributed by atoms with Crippen LogP contribution in [-0.2, 0) is 12.5 Å². The fraction of sp³-hybridized carbons (Fsp3) is 0.167. The molecule has 46 heavy (non-hydrogen) atoms. The van der Waals surface area contributed by atoms with Crippen LogP contribution in [0.5, 0.6) is 5.75 Å². The molecule has 0 unspecified atom stereocenters. The monoisotopic (exact) mass is 644 g/mol. The smallest absolute Gasteiger partial charge is 0.429 e. The molecule has 1 nitrogen and oxygen atoms in total. The van der Waals surface area contributed by atoms with Crippen LogP contribution in [0.4, 0.5) is 39.5 Å². The van der Waals surface area contributed by atoms with Gasteiger partial charge in [-0.3, -0.25) is 0 Å². The van der Waals surface area contributed by atoms with Crippen LogP contribution in [0.1, 0.15) is 37.3 Å². The summed E-state index contributed by atoms with van der Waals surface area (Å²) in [5.74, 6) is -9.49. The molecule has 0 bridgehead atoms. The van der Waals surface area contributed by atoms with Gasteiger partial charge in [0.15, 0.2) is 11.6 Å². The Bertz CT molecular complexity index is 1880. The van der Waals surface area contributed by atoms with E-state index in [2.05, 4.69) is 11.7 Å². The summed E-state index contributed by atoms with van der Waals surface area (Å²) in [7, 11) is 0. The lowest BCUT2D eigenvalue weighted by Gasteiger charge is -2.20. The number of hydrogen-bond acceptors (Lipinski definition) is 1. The first-order valence-electron chi connectivity index (χ1n) is 14.3. The minimum absolute atomic E-state index is 0.0940. The van der Waals surface area contributed by atoms with Crippen LogP contribution >= 0.6 is 0 Å². The van der Waals surface area contributed by atoms with Gasteiger partial charge in [0.25, 0.3) is 0 Å². The van der Waals surface area contributed by atoms with Gasteiger partial charge in [-0.15, -0.1) is 0 Å². The Hall–Kier alpha value is -4.73. The van der Waals surface area contributed by atoms with Crippen LogP contribution in [0, 0.1) is 40.7 Å². The van der Waals surface area contributed by atoms with E-state index < -0.39 is 63.7 Å². The fourth-order valence-electron chi connectivity index (χ4n) is 5.11. The van der Waals surface area contributed by atoms with Crippen molar-refractivity contribution in [1.82, 2.24) is 0 Å². The number of ether oxygens (including phenoxy) is 1. The van der Waals surface area contributed by atoms with Crippen molar-refractivity contribution >= 4 is 0 Å². The molecule has 0 heterocycles. The van der Waals surface area contributed by atoms with Crippen LogP contribution in [0.2, 0.25) is 0 Å². The molecule has 0 fully saturated rings. The van der Waals surface area contributed by atoms with Crippen molar-refractivity contribution in [2.24, 2.45) is 0 Å². The standard InChI is InChI=1S/C36H25F9O/c1-2-3-4-5-20-6-10-25(29(38)14-20)21-7-11-27(30(39)15-21)23-17-33(42)35(34(43)18-23)36(44,45)46-24-9-12-26(31(40)19-24)22-8-13-28(37)32(41)16-22/h6-19H,2-5H2,1H3. The zero-order valence-electron chi connectivity index (χ0n) is 24.2. The summed E-state index contributed by atoms with van der Waals surface area (Å²) in [6.07, 6.45) is -1.04. The minimum atomic E-state index is -4.65. The largest absolute Gasteiger partial charge is 0.432 e. The van der Waals surface area contributed by atoms with Gasteiger partial charge in [0.05, 0.1) is 0 Å². The van der Waals surface area contributed by atoms with E-state index in [0.717, 1.165) is 61.2 Å². The van der Waals surface area contributed by atoms with Gasteiger partial charge in [0, 0.05) is 22.8 Å². The molecule has 0 spiro atoms. The van der Waals surface area contributed by atoms with E-state index in [1.807, 2.05) is 0 Å². The lowest BCUT2D eigenvalue weighted by molar-refractivity contribution is -0.189. The van der Waals surface area contributed by atoms with E-state index in [1.165, 1.54) is 18.2 Å². The molecule has 0 N–H and O–H groups in total. The molecule has 0 aliphatic heterocycles. The minimum Gasteiger partial charge on any atom is -0.429 e. The SMILES string of the molecule is CCCCCc1ccc(-c2ccc(-c3cc(F)c(C(F)(F)Oc4ccc(-c5ccc(F)c(F)c5)c(F)c4)c(F)c3)c(F)c2)c(F)c1. The topological polar surface area (TPSA) is 9.23 Å². The molecule has 5 rings (SSSR count). The summed E-state index contributed by atoms with van der Waals surface area (Å²) in [5, 5.41) is 0. The molecule has 0 saturated carbocycles. The molecule has 238 valence electrons. The second-order valence-electron chi connectivity index (χ2n) is 10.7. The normalized spacial score (nSPS) is 11.6. The van der Waals surface area contributed by atoms with Crippen molar-refractivity contribution < 1.29 is 44.3 Å². The van der Waals surface area contributed by atoms with Crippen LogP contribution in [0.15, 0.2) is 84.9 Å². The molecular weight excluding hydrogens is 619 g/mol. The summed E-state index contributed by atoms with van der Waals surface area (Å²) >= 11 is 0. The Labute approximate surface area is 258 Å². The van der Waals surface area contributed by atoms with E-state index >= 15 is 4.39 Å². The predicted molar refractivity (Wildman–Crippen MR) is 157 cm³/mol. The predicted octanol–water partition coefficient (Wildman–Crippen LogP) is 11.5. The van der Waals surface area contributed by atoms with Gasteiger partial charge in [-0.05, 0) is 83.6 Å². The molecule has 5 aromatic carbocycles. The maximum atomic E-state index is 15.1. The van der Waals surface area contributed by atoms with Crippen molar-refractivity contribution in [2.75, 3.05) is 0 Å². The molecular formula is C36H25F9O. The Kier molecular flexibility index (Phi) is 9.46. The lowest BCUT2D eigenvalue weighted by atomic mass is 9.96. The molecule has 0 radical (unpaired) electrons. The van der Waals surface area contributed by atoms with Gasteiger partial charge < -0.3 is 4.74 Å². The maximum absolute atomic E-state index is 15.1. The van der Waals surface area contributed by atoms with Crippen LogP contribution in [0.25, 0.3) is 33.4 Å². The molecule has 0 atom stereocenters. The Morgan fingerprint density at radius 2 is 1.02 bits per heavy atom. The highest BCUT2D eigenvalue weighted by Crippen LogP contribution is 2.39. The van der Waals surface area contributed by atoms with Crippen molar-refractivity contribution in [3.63, 3.8) is 0 Å². The number of rotatable bonds is 10. The van der Waals surface area contributed by atoms with Gasteiger partial charge in [0.1, 0.15) is 40.4 Å². The summed E-state index contributed by atoms with van der Waals surface area (Å²) in [6.45, 7) is 2.05. The highest BCUT2D eigenvalue weighted by molar-refractivity contribution is 5.72. The van der Waals surface area contributed by atoms with E-state index in [1.54, 1.807) is 6.07 Å². The molecule has 0 aliphatic carbocycles. The fourth-order valence-corrected chi connectivity index (χ4v) is 5.11. The molecule has 10 heteroatoms.